The summed E-state index contributed by atoms with van der Waals surface area (Å²) in [6.07, 6.45) is 3.62. The molecule has 1 N–H and O–H groups in total. The highest BCUT2D eigenvalue weighted by molar-refractivity contribution is 5.97. The van der Waals surface area contributed by atoms with Crippen molar-refractivity contribution in [2.24, 2.45) is 0 Å². The molecule has 0 bridgehead atoms. The molecule has 0 saturated carbocycles. The van der Waals surface area contributed by atoms with Crippen LogP contribution in [0, 0.1) is 5.82 Å². The van der Waals surface area contributed by atoms with Crippen LogP contribution in [0.25, 0.3) is 10.9 Å². The Balaban J connectivity index is 1.73. The van der Waals surface area contributed by atoms with Gasteiger partial charge in [-0.1, -0.05) is 0 Å². The number of hydrogen-bond donors (Lipinski definition) is 1. The zero-order valence-corrected chi connectivity index (χ0v) is 10.9. The van der Waals surface area contributed by atoms with E-state index in [1.165, 1.54) is 18.3 Å². The summed E-state index contributed by atoms with van der Waals surface area (Å²) in [7, 11) is 0. The Morgan fingerprint density at radius 3 is 3.15 bits per heavy atom. The predicted molar refractivity (Wildman–Crippen MR) is 73.0 cm³/mol. The van der Waals surface area contributed by atoms with Crippen molar-refractivity contribution in [3.8, 4) is 0 Å². The second-order valence-electron chi connectivity index (χ2n) is 4.91. The van der Waals surface area contributed by atoms with E-state index in [1.807, 2.05) is 0 Å². The first-order valence-corrected chi connectivity index (χ1v) is 6.67. The minimum absolute atomic E-state index is 0.102. The molecule has 1 fully saturated rings. The van der Waals surface area contributed by atoms with Gasteiger partial charge in [0.25, 0.3) is 5.91 Å². The van der Waals surface area contributed by atoms with E-state index in [0.717, 1.165) is 19.4 Å². The average Bonchev–Trinajstić information content (AvgIpc) is 2.97. The van der Waals surface area contributed by atoms with Gasteiger partial charge in [-0.3, -0.25) is 9.78 Å². The molecular weight excluding hydrogens is 259 g/mol. The maximum absolute atomic E-state index is 13.2. The van der Waals surface area contributed by atoms with E-state index in [1.54, 1.807) is 12.1 Å². The van der Waals surface area contributed by atoms with E-state index in [9.17, 15) is 9.18 Å². The number of carbonyl (C=O) groups excluding carboxylic acids is 1. The number of rotatable bonds is 3. The van der Waals surface area contributed by atoms with Crippen LogP contribution in [-0.2, 0) is 4.74 Å². The van der Waals surface area contributed by atoms with Gasteiger partial charge in [0.05, 0.1) is 17.2 Å². The number of nitrogens with one attached hydrogen (secondary N) is 1. The number of pyridine rings is 1. The Morgan fingerprint density at radius 1 is 1.45 bits per heavy atom. The monoisotopic (exact) mass is 274 g/mol. The topological polar surface area (TPSA) is 51.2 Å². The van der Waals surface area contributed by atoms with Gasteiger partial charge in [0.1, 0.15) is 5.82 Å². The van der Waals surface area contributed by atoms with Crippen molar-refractivity contribution in [1.82, 2.24) is 10.3 Å². The molecule has 0 aliphatic carbocycles. The standard InChI is InChI=1S/C15H15FN2O2/c16-12-3-4-14-10(7-12)6-11(8-17-14)15(19)18-9-13-2-1-5-20-13/h3-4,6-8,13H,1-2,5,9H2,(H,18,19). The average molecular weight is 274 g/mol. The third kappa shape index (κ3) is 2.77. The van der Waals surface area contributed by atoms with Gasteiger partial charge in [0.2, 0.25) is 0 Å². The minimum Gasteiger partial charge on any atom is -0.376 e. The van der Waals surface area contributed by atoms with Crippen LogP contribution in [-0.4, -0.2) is 30.1 Å². The molecule has 104 valence electrons. The molecule has 2 heterocycles. The third-order valence-corrected chi connectivity index (χ3v) is 3.42. The summed E-state index contributed by atoms with van der Waals surface area (Å²) < 4.78 is 18.6. The number of hydrogen-bond acceptors (Lipinski definition) is 3. The molecule has 0 radical (unpaired) electrons. The van der Waals surface area contributed by atoms with Crippen LogP contribution >= 0.6 is 0 Å². The van der Waals surface area contributed by atoms with E-state index in [0.29, 0.717) is 23.0 Å². The van der Waals surface area contributed by atoms with Gasteiger partial charge in [0, 0.05) is 24.7 Å². The maximum atomic E-state index is 13.2. The van der Waals surface area contributed by atoms with Gasteiger partial charge in [-0.25, -0.2) is 4.39 Å². The summed E-state index contributed by atoms with van der Waals surface area (Å²) in [6, 6.07) is 5.97. The Kier molecular flexibility index (Phi) is 3.60. The number of nitrogens with zero attached hydrogens (tertiary/aromatic N) is 1. The first kappa shape index (κ1) is 13.0. The van der Waals surface area contributed by atoms with E-state index in [4.69, 9.17) is 4.74 Å². The lowest BCUT2D eigenvalue weighted by molar-refractivity contribution is 0.0857. The van der Waals surface area contributed by atoms with Crippen LogP contribution in [0.3, 0.4) is 0 Å². The van der Waals surface area contributed by atoms with Gasteiger partial charge in [-0.05, 0) is 37.1 Å². The first-order valence-electron chi connectivity index (χ1n) is 6.67. The Morgan fingerprint density at radius 2 is 2.35 bits per heavy atom. The largest absolute Gasteiger partial charge is 0.376 e. The molecule has 1 aromatic heterocycles. The zero-order valence-electron chi connectivity index (χ0n) is 10.9. The van der Waals surface area contributed by atoms with Gasteiger partial charge in [0.15, 0.2) is 0 Å². The van der Waals surface area contributed by atoms with Crippen molar-refractivity contribution >= 4 is 16.8 Å². The molecule has 1 saturated heterocycles. The number of fused-ring (bicyclic) bond motifs is 1. The number of ether oxygens (including phenoxy) is 1. The van der Waals surface area contributed by atoms with Crippen LogP contribution in [0.2, 0.25) is 0 Å². The van der Waals surface area contributed by atoms with E-state index < -0.39 is 0 Å². The summed E-state index contributed by atoms with van der Waals surface area (Å²) in [5.41, 5.74) is 1.10. The number of aromatic nitrogens is 1. The molecule has 0 spiro atoms. The highest BCUT2D eigenvalue weighted by Crippen LogP contribution is 2.15. The molecule has 1 atom stereocenters. The second-order valence-corrected chi connectivity index (χ2v) is 4.91. The minimum atomic E-state index is -0.337. The summed E-state index contributed by atoms with van der Waals surface area (Å²) in [4.78, 5) is 16.2. The molecule has 20 heavy (non-hydrogen) atoms. The van der Waals surface area contributed by atoms with Gasteiger partial charge in [-0.2, -0.15) is 0 Å². The van der Waals surface area contributed by atoms with Crippen LogP contribution < -0.4 is 5.32 Å². The van der Waals surface area contributed by atoms with Crippen LogP contribution in [0.15, 0.2) is 30.5 Å². The second kappa shape index (κ2) is 5.54. The number of benzene rings is 1. The van der Waals surface area contributed by atoms with Crippen LogP contribution in [0.5, 0.6) is 0 Å². The Bertz CT molecular complexity index is 639. The number of amides is 1. The molecule has 2 aromatic rings. The lowest BCUT2D eigenvalue weighted by Gasteiger charge is -2.10. The molecule has 1 aliphatic heterocycles. The molecule has 1 amide bonds. The van der Waals surface area contributed by atoms with Gasteiger partial charge < -0.3 is 10.1 Å². The smallest absolute Gasteiger partial charge is 0.252 e. The van der Waals surface area contributed by atoms with Gasteiger partial charge >= 0.3 is 0 Å². The Labute approximate surface area is 116 Å². The summed E-state index contributed by atoms with van der Waals surface area (Å²) >= 11 is 0. The lowest BCUT2D eigenvalue weighted by atomic mass is 10.1. The van der Waals surface area contributed by atoms with E-state index in [2.05, 4.69) is 10.3 Å². The van der Waals surface area contributed by atoms with Gasteiger partial charge in [-0.15, -0.1) is 0 Å². The highest BCUT2D eigenvalue weighted by Gasteiger charge is 2.16. The first-order chi connectivity index (χ1) is 9.72. The molecule has 3 rings (SSSR count). The molecular formula is C15H15FN2O2. The Hall–Kier alpha value is -2.01. The molecule has 1 unspecified atom stereocenters. The van der Waals surface area contributed by atoms with Crippen molar-refractivity contribution in [1.29, 1.82) is 0 Å². The highest BCUT2D eigenvalue weighted by atomic mass is 19.1. The summed E-state index contributed by atoms with van der Waals surface area (Å²) in [5.74, 6) is -0.546. The predicted octanol–water partition coefficient (Wildman–Crippen LogP) is 2.28. The fourth-order valence-corrected chi connectivity index (χ4v) is 2.34. The third-order valence-electron chi connectivity index (χ3n) is 3.42. The summed E-state index contributed by atoms with van der Waals surface area (Å²) in [6.45, 7) is 1.26. The maximum Gasteiger partial charge on any atom is 0.252 e. The quantitative estimate of drug-likeness (QED) is 0.934. The van der Waals surface area contributed by atoms with Crippen molar-refractivity contribution in [2.75, 3.05) is 13.2 Å². The van der Waals surface area contributed by atoms with E-state index in [-0.39, 0.29) is 17.8 Å². The van der Waals surface area contributed by atoms with Crippen molar-refractivity contribution in [2.45, 2.75) is 18.9 Å². The molecule has 5 heteroatoms. The molecule has 1 aliphatic rings. The fourth-order valence-electron chi connectivity index (χ4n) is 2.34. The normalized spacial score (nSPS) is 18.4. The number of halogens is 1. The van der Waals surface area contributed by atoms with Crippen molar-refractivity contribution < 1.29 is 13.9 Å². The van der Waals surface area contributed by atoms with Crippen LogP contribution in [0.4, 0.5) is 4.39 Å². The van der Waals surface area contributed by atoms with Crippen molar-refractivity contribution in [3.63, 3.8) is 0 Å². The fraction of sp³-hybridized carbons (Fsp3) is 0.333. The van der Waals surface area contributed by atoms with E-state index >= 15 is 0 Å². The summed E-state index contributed by atoms with van der Waals surface area (Å²) in [5, 5.41) is 3.44. The van der Waals surface area contributed by atoms with Crippen molar-refractivity contribution in [3.05, 3.63) is 41.8 Å². The zero-order chi connectivity index (χ0) is 13.9. The SMILES string of the molecule is O=C(NCC1CCCO1)c1cnc2ccc(F)cc2c1. The molecule has 1 aromatic carbocycles. The van der Waals surface area contributed by atoms with Crippen LogP contribution in [0.1, 0.15) is 23.2 Å². The lowest BCUT2D eigenvalue weighted by Crippen LogP contribution is -2.31. The molecule has 4 nitrogen and oxygen atoms in total. The number of carbonyl (C=O) groups is 1.